The minimum Gasteiger partial charge on any atom is -0.311 e. The smallest absolute Gasteiger partial charge is 0.225 e. The van der Waals surface area contributed by atoms with Crippen molar-refractivity contribution < 1.29 is 4.79 Å². The molecule has 2 aromatic rings. The Morgan fingerprint density at radius 1 is 1.33 bits per heavy atom. The summed E-state index contributed by atoms with van der Waals surface area (Å²) in [6.45, 7) is 2.98. The molecule has 0 aliphatic rings. The second-order valence-corrected chi connectivity index (χ2v) is 5.79. The van der Waals surface area contributed by atoms with E-state index in [-0.39, 0.29) is 5.91 Å². The lowest BCUT2D eigenvalue weighted by molar-refractivity contribution is -0.116. The van der Waals surface area contributed by atoms with Crippen molar-refractivity contribution in [2.75, 3.05) is 5.32 Å². The molecule has 0 spiro atoms. The van der Waals surface area contributed by atoms with Gasteiger partial charge < -0.3 is 5.32 Å². The number of halogens is 1. The molecular weight excluding hydrogens is 330 g/mol. The Labute approximate surface area is 133 Å². The van der Waals surface area contributed by atoms with E-state index in [1.807, 2.05) is 35.0 Å². The van der Waals surface area contributed by atoms with Crippen molar-refractivity contribution in [3.8, 4) is 0 Å². The second kappa shape index (κ2) is 7.98. The number of amides is 1. The van der Waals surface area contributed by atoms with Crippen LogP contribution in [0, 0.1) is 0 Å². The van der Waals surface area contributed by atoms with Crippen molar-refractivity contribution in [1.82, 2.24) is 9.78 Å². The van der Waals surface area contributed by atoms with Gasteiger partial charge in [0.1, 0.15) is 5.82 Å². The number of hydrogen-bond donors (Lipinski definition) is 1. The Morgan fingerprint density at radius 2 is 2.14 bits per heavy atom. The highest BCUT2D eigenvalue weighted by atomic mass is 79.9. The van der Waals surface area contributed by atoms with Gasteiger partial charge in [0.15, 0.2) is 0 Å². The molecule has 5 heteroatoms. The lowest BCUT2D eigenvalue weighted by Crippen LogP contribution is -2.16. The molecule has 2 rings (SSSR count). The highest BCUT2D eigenvalue weighted by Gasteiger charge is 2.08. The summed E-state index contributed by atoms with van der Waals surface area (Å²) in [7, 11) is 0. The number of aryl methyl sites for hydroxylation is 2. The fourth-order valence-corrected chi connectivity index (χ4v) is 2.56. The lowest BCUT2D eigenvalue weighted by atomic mass is 10.1. The molecule has 112 valence electrons. The zero-order valence-corrected chi connectivity index (χ0v) is 13.8. The van der Waals surface area contributed by atoms with E-state index >= 15 is 0 Å². The third-order valence-electron chi connectivity index (χ3n) is 3.29. The van der Waals surface area contributed by atoms with Crippen molar-refractivity contribution in [2.45, 2.75) is 39.2 Å². The van der Waals surface area contributed by atoms with Crippen LogP contribution in [0.25, 0.3) is 0 Å². The number of benzene rings is 1. The van der Waals surface area contributed by atoms with Crippen LogP contribution in [-0.2, 0) is 17.8 Å². The molecule has 4 nitrogen and oxygen atoms in total. The van der Waals surface area contributed by atoms with Crippen LogP contribution in [0.5, 0.6) is 0 Å². The van der Waals surface area contributed by atoms with Crippen LogP contribution >= 0.6 is 15.9 Å². The number of unbranched alkanes of at least 4 members (excludes halogenated alkanes) is 1. The van der Waals surface area contributed by atoms with E-state index in [0.29, 0.717) is 6.42 Å². The maximum atomic E-state index is 12.1. The molecule has 1 amide bonds. The molecule has 0 saturated carbocycles. The number of rotatable bonds is 7. The monoisotopic (exact) mass is 349 g/mol. The van der Waals surface area contributed by atoms with Crippen LogP contribution < -0.4 is 5.32 Å². The van der Waals surface area contributed by atoms with Gasteiger partial charge in [0.05, 0.1) is 6.20 Å². The first-order valence-corrected chi connectivity index (χ1v) is 8.05. The van der Waals surface area contributed by atoms with Gasteiger partial charge in [-0.3, -0.25) is 4.79 Å². The number of anilines is 1. The van der Waals surface area contributed by atoms with Gasteiger partial charge in [-0.2, -0.15) is 5.10 Å². The first kappa shape index (κ1) is 15.8. The van der Waals surface area contributed by atoms with Gasteiger partial charge in [0, 0.05) is 23.5 Å². The van der Waals surface area contributed by atoms with Crippen LogP contribution in [0.15, 0.2) is 41.0 Å². The molecule has 0 saturated heterocycles. The Bertz CT molecular complexity index is 595. The molecule has 1 N–H and O–H groups in total. The standard InChI is InChI=1S/C16H20BrN3O/c1-2-3-12-20-15(10-11-18-20)19-16(21)9-8-13-6-4-5-7-14(13)17/h4-7,10-11H,2-3,8-9,12H2,1H3,(H,19,21). The number of nitrogens with zero attached hydrogens (tertiary/aromatic N) is 2. The van der Waals surface area contributed by atoms with Gasteiger partial charge in [-0.15, -0.1) is 0 Å². The molecule has 1 heterocycles. The van der Waals surface area contributed by atoms with Gasteiger partial charge in [0.2, 0.25) is 5.91 Å². The van der Waals surface area contributed by atoms with Crippen LogP contribution in [0.1, 0.15) is 31.7 Å². The third-order valence-corrected chi connectivity index (χ3v) is 4.06. The number of carbonyl (C=O) groups is 1. The number of nitrogens with one attached hydrogen (secondary N) is 1. The van der Waals surface area contributed by atoms with Crippen molar-refractivity contribution in [2.24, 2.45) is 0 Å². The van der Waals surface area contributed by atoms with Crippen LogP contribution in [0.4, 0.5) is 5.82 Å². The SMILES string of the molecule is CCCCn1nccc1NC(=O)CCc1ccccc1Br. The van der Waals surface area contributed by atoms with Crippen molar-refractivity contribution >= 4 is 27.7 Å². The average molecular weight is 350 g/mol. The van der Waals surface area contributed by atoms with E-state index in [2.05, 4.69) is 33.3 Å². The maximum Gasteiger partial charge on any atom is 0.225 e. The zero-order chi connectivity index (χ0) is 15.1. The topological polar surface area (TPSA) is 46.9 Å². The Morgan fingerprint density at radius 3 is 2.90 bits per heavy atom. The van der Waals surface area contributed by atoms with E-state index in [1.165, 1.54) is 0 Å². The molecule has 0 radical (unpaired) electrons. The third kappa shape index (κ3) is 4.70. The van der Waals surface area contributed by atoms with Gasteiger partial charge >= 0.3 is 0 Å². The summed E-state index contributed by atoms with van der Waals surface area (Å²) < 4.78 is 2.89. The quantitative estimate of drug-likeness (QED) is 0.820. The molecule has 0 atom stereocenters. The van der Waals surface area contributed by atoms with Crippen LogP contribution in [0.3, 0.4) is 0 Å². The zero-order valence-electron chi connectivity index (χ0n) is 12.2. The minimum absolute atomic E-state index is 0.0176. The van der Waals surface area contributed by atoms with Gasteiger partial charge in [-0.1, -0.05) is 47.5 Å². The van der Waals surface area contributed by atoms with Crippen molar-refractivity contribution in [1.29, 1.82) is 0 Å². The Hall–Kier alpha value is -1.62. The molecule has 21 heavy (non-hydrogen) atoms. The second-order valence-electron chi connectivity index (χ2n) is 4.93. The average Bonchev–Trinajstić information content (AvgIpc) is 2.91. The van der Waals surface area contributed by atoms with E-state index in [9.17, 15) is 4.79 Å². The molecule has 1 aromatic heterocycles. The highest BCUT2D eigenvalue weighted by molar-refractivity contribution is 9.10. The van der Waals surface area contributed by atoms with Crippen LogP contribution in [-0.4, -0.2) is 15.7 Å². The van der Waals surface area contributed by atoms with Crippen molar-refractivity contribution in [3.63, 3.8) is 0 Å². The predicted octanol–water partition coefficient (Wildman–Crippen LogP) is 4.02. The fraction of sp³-hybridized carbons (Fsp3) is 0.375. The Kier molecular flexibility index (Phi) is 5.99. The summed E-state index contributed by atoms with van der Waals surface area (Å²) in [6.07, 6.45) is 5.06. The first-order valence-electron chi connectivity index (χ1n) is 7.25. The van der Waals surface area contributed by atoms with Gasteiger partial charge in [-0.25, -0.2) is 4.68 Å². The molecule has 0 aliphatic heterocycles. The van der Waals surface area contributed by atoms with Gasteiger partial charge in [0.25, 0.3) is 0 Å². The van der Waals surface area contributed by atoms with Gasteiger partial charge in [-0.05, 0) is 24.5 Å². The summed E-state index contributed by atoms with van der Waals surface area (Å²) in [5.41, 5.74) is 1.15. The molecule has 1 aromatic carbocycles. The number of hydrogen-bond acceptors (Lipinski definition) is 2. The number of carbonyl (C=O) groups excluding carboxylic acids is 1. The molecule has 0 bridgehead atoms. The van der Waals surface area contributed by atoms with Crippen LogP contribution in [0.2, 0.25) is 0 Å². The first-order chi connectivity index (χ1) is 10.2. The fourth-order valence-electron chi connectivity index (χ4n) is 2.08. The highest BCUT2D eigenvalue weighted by Crippen LogP contribution is 2.17. The Balaban J connectivity index is 1.87. The van der Waals surface area contributed by atoms with E-state index in [1.54, 1.807) is 6.20 Å². The summed E-state index contributed by atoms with van der Waals surface area (Å²) in [4.78, 5) is 12.1. The molecule has 0 aliphatic carbocycles. The normalized spacial score (nSPS) is 10.6. The molecular formula is C16H20BrN3O. The van der Waals surface area contributed by atoms with E-state index < -0.39 is 0 Å². The van der Waals surface area contributed by atoms with E-state index in [4.69, 9.17) is 0 Å². The van der Waals surface area contributed by atoms with Crippen molar-refractivity contribution in [3.05, 3.63) is 46.6 Å². The molecule has 0 unspecified atom stereocenters. The molecule has 0 fully saturated rings. The summed E-state index contributed by atoms with van der Waals surface area (Å²) >= 11 is 3.50. The minimum atomic E-state index is 0.0176. The summed E-state index contributed by atoms with van der Waals surface area (Å²) in [6, 6.07) is 9.82. The van der Waals surface area contributed by atoms with E-state index in [0.717, 1.165) is 41.7 Å². The lowest BCUT2D eigenvalue weighted by Gasteiger charge is -2.09. The summed E-state index contributed by atoms with van der Waals surface area (Å²) in [5.74, 6) is 0.796. The maximum absolute atomic E-state index is 12.1. The predicted molar refractivity (Wildman–Crippen MR) is 88.2 cm³/mol. The summed E-state index contributed by atoms with van der Waals surface area (Å²) in [5, 5.41) is 7.17. The number of aromatic nitrogens is 2. The largest absolute Gasteiger partial charge is 0.311 e.